The first kappa shape index (κ1) is 20.9. The van der Waals surface area contributed by atoms with E-state index in [0.29, 0.717) is 35.3 Å². The second kappa shape index (κ2) is 9.61. The molecule has 3 aromatic rings. The second-order valence-corrected chi connectivity index (χ2v) is 7.70. The number of phenols is 1. The highest BCUT2D eigenvalue weighted by Crippen LogP contribution is 2.29. The van der Waals surface area contributed by atoms with Crippen LogP contribution in [0.2, 0.25) is 5.02 Å². The smallest absolute Gasteiger partial charge is 0.151 e. The first-order valence-electron chi connectivity index (χ1n) is 9.76. The van der Waals surface area contributed by atoms with Gasteiger partial charge in [0.25, 0.3) is 0 Å². The summed E-state index contributed by atoms with van der Waals surface area (Å²) >= 11 is 6.23. The van der Waals surface area contributed by atoms with Crippen LogP contribution in [0.5, 0.6) is 11.5 Å². The summed E-state index contributed by atoms with van der Waals surface area (Å²) in [6.45, 7) is 8.31. The lowest BCUT2D eigenvalue weighted by atomic mass is 10.1. The van der Waals surface area contributed by atoms with Gasteiger partial charge in [-0.3, -0.25) is 0 Å². The van der Waals surface area contributed by atoms with Gasteiger partial charge in [-0.1, -0.05) is 37.6 Å². The number of para-hydroxylation sites is 1. The van der Waals surface area contributed by atoms with E-state index in [2.05, 4.69) is 35.9 Å². The molecule has 1 aromatic heterocycles. The van der Waals surface area contributed by atoms with E-state index in [1.54, 1.807) is 12.1 Å². The maximum absolute atomic E-state index is 10.0. The van der Waals surface area contributed by atoms with Crippen molar-refractivity contribution in [2.75, 3.05) is 18.1 Å². The number of nitrogens with zero attached hydrogens (tertiary/aromatic N) is 3. The fourth-order valence-electron chi connectivity index (χ4n) is 2.96. The summed E-state index contributed by atoms with van der Waals surface area (Å²) in [6.07, 6.45) is 0. The van der Waals surface area contributed by atoms with Crippen LogP contribution in [-0.4, -0.2) is 28.5 Å². The third-order valence-electron chi connectivity index (χ3n) is 4.49. The Morgan fingerprint density at radius 3 is 2.52 bits per heavy atom. The molecule has 0 aliphatic carbocycles. The number of benzene rings is 2. The van der Waals surface area contributed by atoms with Gasteiger partial charge >= 0.3 is 0 Å². The van der Waals surface area contributed by atoms with Crippen molar-refractivity contribution in [3.63, 3.8) is 0 Å². The molecule has 0 amide bonds. The molecular weight excluding hydrogens is 386 g/mol. The fraction of sp³-hybridized carbons (Fsp3) is 0.304. The van der Waals surface area contributed by atoms with Crippen LogP contribution in [0.15, 0.2) is 54.6 Å². The Morgan fingerprint density at radius 2 is 1.86 bits per heavy atom. The third kappa shape index (κ3) is 5.39. The molecule has 1 N–H and O–H groups in total. The molecule has 29 heavy (non-hydrogen) atoms. The SMILES string of the molecule is CCN(Cc1cc(Cl)ccc1OCC(C)C)c1ccc(-c2ccccc2O)nn1. The summed E-state index contributed by atoms with van der Waals surface area (Å²) < 4.78 is 5.98. The molecule has 152 valence electrons. The minimum absolute atomic E-state index is 0.188. The van der Waals surface area contributed by atoms with Crippen LogP contribution in [0.1, 0.15) is 26.3 Å². The van der Waals surface area contributed by atoms with Gasteiger partial charge < -0.3 is 14.7 Å². The van der Waals surface area contributed by atoms with E-state index in [1.807, 2.05) is 42.5 Å². The van der Waals surface area contributed by atoms with Gasteiger partial charge in [0.05, 0.1) is 12.3 Å². The Morgan fingerprint density at radius 1 is 1.07 bits per heavy atom. The molecular formula is C23H26ClN3O2. The van der Waals surface area contributed by atoms with Crippen molar-refractivity contribution in [1.29, 1.82) is 0 Å². The van der Waals surface area contributed by atoms with E-state index in [4.69, 9.17) is 16.3 Å². The van der Waals surface area contributed by atoms with Crippen LogP contribution < -0.4 is 9.64 Å². The first-order valence-corrected chi connectivity index (χ1v) is 10.1. The number of halogens is 1. The zero-order valence-electron chi connectivity index (χ0n) is 17.0. The highest BCUT2D eigenvalue weighted by molar-refractivity contribution is 6.30. The normalized spacial score (nSPS) is 10.9. The van der Waals surface area contributed by atoms with Crippen molar-refractivity contribution in [3.05, 3.63) is 65.2 Å². The lowest BCUT2D eigenvalue weighted by molar-refractivity contribution is 0.268. The van der Waals surface area contributed by atoms with Gasteiger partial charge in [0.2, 0.25) is 0 Å². The highest BCUT2D eigenvalue weighted by Gasteiger charge is 2.14. The quantitative estimate of drug-likeness (QED) is 0.525. The molecule has 0 fully saturated rings. The molecule has 0 saturated heterocycles. The predicted octanol–water partition coefficient (Wildman–Crippen LogP) is 5.56. The maximum atomic E-state index is 10.0. The van der Waals surface area contributed by atoms with Gasteiger partial charge in [-0.05, 0) is 55.3 Å². The molecule has 0 saturated carbocycles. The van der Waals surface area contributed by atoms with Crippen LogP contribution in [0.25, 0.3) is 11.3 Å². The highest BCUT2D eigenvalue weighted by atomic mass is 35.5. The maximum Gasteiger partial charge on any atom is 0.151 e. The van der Waals surface area contributed by atoms with Gasteiger partial charge in [0.15, 0.2) is 5.82 Å². The van der Waals surface area contributed by atoms with Gasteiger partial charge in [-0.25, -0.2) is 0 Å². The number of phenolic OH excluding ortho intramolecular Hbond substituents is 1. The minimum atomic E-state index is 0.188. The molecule has 2 aromatic carbocycles. The van der Waals surface area contributed by atoms with Gasteiger partial charge in [-0.15, -0.1) is 10.2 Å². The largest absolute Gasteiger partial charge is 0.507 e. The molecule has 0 aliphatic heterocycles. The second-order valence-electron chi connectivity index (χ2n) is 7.26. The third-order valence-corrected chi connectivity index (χ3v) is 4.73. The van der Waals surface area contributed by atoms with Crippen LogP contribution in [0, 0.1) is 5.92 Å². The van der Waals surface area contributed by atoms with E-state index in [-0.39, 0.29) is 5.75 Å². The minimum Gasteiger partial charge on any atom is -0.507 e. The number of hydrogen-bond acceptors (Lipinski definition) is 5. The van der Waals surface area contributed by atoms with Gasteiger partial charge in [0, 0.05) is 29.2 Å². The molecule has 0 spiro atoms. The first-order chi connectivity index (χ1) is 14.0. The molecule has 1 heterocycles. The van der Waals surface area contributed by atoms with Gasteiger partial charge in [0.1, 0.15) is 11.5 Å². The van der Waals surface area contributed by atoms with Gasteiger partial charge in [-0.2, -0.15) is 0 Å². The summed E-state index contributed by atoms with van der Waals surface area (Å²) in [7, 11) is 0. The molecule has 0 radical (unpaired) electrons. The Balaban J connectivity index is 1.82. The van der Waals surface area contributed by atoms with Crippen LogP contribution in [0.4, 0.5) is 5.82 Å². The standard InChI is InChI=1S/C23H26ClN3O2/c1-4-27(14-17-13-18(24)9-11-22(17)29-15-16(2)3)23-12-10-20(25-26-23)19-7-5-6-8-21(19)28/h5-13,16,28H,4,14-15H2,1-3H3. The average Bonchev–Trinajstić information content (AvgIpc) is 2.72. The van der Waals surface area contributed by atoms with Crippen molar-refractivity contribution in [1.82, 2.24) is 10.2 Å². The van der Waals surface area contributed by atoms with E-state index in [0.717, 1.165) is 23.7 Å². The fourth-order valence-corrected chi connectivity index (χ4v) is 3.15. The molecule has 3 rings (SSSR count). The van der Waals surface area contributed by atoms with Crippen molar-refractivity contribution >= 4 is 17.4 Å². The molecule has 0 bridgehead atoms. The van der Waals surface area contributed by atoms with Crippen molar-refractivity contribution < 1.29 is 9.84 Å². The van der Waals surface area contributed by atoms with Crippen molar-refractivity contribution in [2.45, 2.75) is 27.3 Å². The molecule has 0 atom stereocenters. The van der Waals surface area contributed by atoms with E-state index < -0.39 is 0 Å². The molecule has 5 nitrogen and oxygen atoms in total. The van der Waals surface area contributed by atoms with Crippen molar-refractivity contribution in [2.24, 2.45) is 5.92 Å². The van der Waals surface area contributed by atoms with Crippen LogP contribution in [-0.2, 0) is 6.54 Å². The number of aromatic hydroxyl groups is 1. The topological polar surface area (TPSA) is 58.5 Å². The number of aromatic nitrogens is 2. The Kier molecular flexibility index (Phi) is 6.94. The summed E-state index contributed by atoms with van der Waals surface area (Å²) in [6, 6.07) is 16.6. The zero-order chi connectivity index (χ0) is 20.8. The number of anilines is 1. The molecule has 0 unspecified atom stereocenters. The lowest BCUT2D eigenvalue weighted by Gasteiger charge is -2.23. The average molecular weight is 412 g/mol. The van der Waals surface area contributed by atoms with E-state index in [1.165, 1.54) is 0 Å². The van der Waals surface area contributed by atoms with E-state index in [9.17, 15) is 5.11 Å². The number of ether oxygens (including phenoxy) is 1. The van der Waals surface area contributed by atoms with E-state index >= 15 is 0 Å². The number of rotatable bonds is 8. The molecule has 6 heteroatoms. The van der Waals surface area contributed by atoms with Crippen LogP contribution in [0.3, 0.4) is 0 Å². The number of hydrogen-bond donors (Lipinski definition) is 1. The monoisotopic (exact) mass is 411 g/mol. The molecule has 0 aliphatic rings. The Labute approximate surface area is 176 Å². The Bertz CT molecular complexity index is 945. The predicted molar refractivity (Wildman–Crippen MR) is 118 cm³/mol. The summed E-state index contributed by atoms with van der Waals surface area (Å²) in [5.74, 6) is 2.21. The van der Waals surface area contributed by atoms with Crippen molar-refractivity contribution in [3.8, 4) is 22.8 Å². The van der Waals surface area contributed by atoms with Crippen LogP contribution >= 0.6 is 11.6 Å². The lowest BCUT2D eigenvalue weighted by Crippen LogP contribution is -2.24. The summed E-state index contributed by atoms with van der Waals surface area (Å²) in [4.78, 5) is 2.11. The Hall–Kier alpha value is -2.79. The summed E-state index contributed by atoms with van der Waals surface area (Å²) in [5.41, 5.74) is 2.30. The summed E-state index contributed by atoms with van der Waals surface area (Å²) in [5, 5.41) is 19.4. The zero-order valence-corrected chi connectivity index (χ0v) is 17.7.